The Labute approximate surface area is 160 Å². The van der Waals surface area contributed by atoms with E-state index in [-0.39, 0.29) is 25.1 Å². The zero-order chi connectivity index (χ0) is 21.1. The fourth-order valence-electron chi connectivity index (χ4n) is 2.57. The fraction of sp³-hybridized carbons (Fsp3) is 0.412. The van der Waals surface area contributed by atoms with Crippen LogP contribution in [0.3, 0.4) is 0 Å². The smallest absolute Gasteiger partial charge is 0.413 e. The minimum Gasteiger partial charge on any atom is -0.413 e. The lowest BCUT2D eigenvalue weighted by molar-refractivity contribution is -0.130. The maximum atomic E-state index is 12.3. The van der Waals surface area contributed by atoms with Crippen LogP contribution in [0.1, 0.15) is 18.9 Å². The molecule has 2 N–H and O–H groups in total. The molecule has 1 aromatic rings. The number of anilines is 1. The van der Waals surface area contributed by atoms with E-state index in [2.05, 4.69) is 0 Å². The first-order valence-corrected chi connectivity index (χ1v) is 10.1. The van der Waals surface area contributed by atoms with Crippen molar-refractivity contribution in [1.82, 2.24) is 5.48 Å². The molecule has 28 heavy (non-hydrogen) atoms. The number of alkyl halides is 2. The number of ether oxygens (including phenoxy) is 1. The topological polar surface area (TPSA) is 113 Å². The molecule has 1 saturated heterocycles. The van der Waals surface area contributed by atoms with Crippen LogP contribution in [0.25, 0.3) is 0 Å². The summed E-state index contributed by atoms with van der Waals surface area (Å²) in [5, 5.41) is 8.84. The Kier molecular flexibility index (Phi) is 6.40. The van der Waals surface area contributed by atoms with Crippen molar-refractivity contribution in [1.29, 1.82) is 0 Å². The zero-order valence-electron chi connectivity index (χ0n) is 15.2. The fourth-order valence-corrected chi connectivity index (χ4v) is 3.30. The van der Waals surface area contributed by atoms with Crippen molar-refractivity contribution in [3.05, 3.63) is 41.7 Å². The Bertz CT molecular complexity index is 885. The van der Waals surface area contributed by atoms with Crippen LogP contribution in [-0.4, -0.2) is 49.6 Å². The highest BCUT2D eigenvalue weighted by Gasteiger charge is 2.44. The van der Waals surface area contributed by atoms with Crippen LogP contribution in [-0.2, 0) is 25.8 Å². The van der Waals surface area contributed by atoms with Crippen LogP contribution in [0, 0.1) is 0 Å². The third-order valence-electron chi connectivity index (χ3n) is 4.41. The molecule has 0 radical (unpaired) electrons. The molecule has 1 atom stereocenters. The third kappa shape index (κ3) is 4.65. The SMILES string of the molecule is C[C@@](/C=C1/CN(c2ccc(CCC(F)F)cc2)C(=O)O1)(C(=O)NO)S(C)(=O)=O. The normalized spacial score (nSPS) is 18.3. The summed E-state index contributed by atoms with van der Waals surface area (Å²) in [6.45, 7) is 0.925. The lowest BCUT2D eigenvalue weighted by Gasteiger charge is -2.21. The highest BCUT2D eigenvalue weighted by Crippen LogP contribution is 2.28. The Hall–Kier alpha value is -2.53. The summed E-state index contributed by atoms with van der Waals surface area (Å²) >= 11 is 0. The van der Waals surface area contributed by atoms with Gasteiger partial charge in [0.25, 0.3) is 5.91 Å². The van der Waals surface area contributed by atoms with Gasteiger partial charge in [-0.05, 0) is 37.1 Å². The number of aryl methyl sites for hydroxylation is 1. The average Bonchev–Trinajstić information content (AvgIpc) is 2.98. The van der Waals surface area contributed by atoms with Gasteiger partial charge < -0.3 is 4.74 Å². The molecule has 1 aromatic carbocycles. The van der Waals surface area contributed by atoms with Gasteiger partial charge >= 0.3 is 6.09 Å². The van der Waals surface area contributed by atoms with Gasteiger partial charge in [0.15, 0.2) is 14.6 Å². The van der Waals surface area contributed by atoms with Gasteiger partial charge in [0.1, 0.15) is 5.76 Å². The van der Waals surface area contributed by atoms with Crippen molar-refractivity contribution in [3.63, 3.8) is 0 Å². The number of cyclic esters (lactones) is 1. The minimum absolute atomic E-state index is 0.0803. The summed E-state index contributed by atoms with van der Waals surface area (Å²) < 4.78 is 51.5. The lowest BCUT2D eigenvalue weighted by atomic mass is 10.1. The van der Waals surface area contributed by atoms with Gasteiger partial charge in [-0.15, -0.1) is 0 Å². The summed E-state index contributed by atoms with van der Waals surface area (Å²) in [4.78, 5) is 25.2. The van der Waals surface area contributed by atoms with Crippen molar-refractivity contribution in [2.45, 2.75) is 30.9 Å². The second-order valence-electron chi connectivity index (χ2n) is 6.48. The van der Waals surface area contributed by atoms with Crippen LogP contribution in [0.2, 0.25) is 0 Å². The molecule has 0 bridgehead atoms. The number of rotatable bonds is 7. The van der Waals surface area contributed by atoms with Gasteiger partial charge in [0.2, 0.25) is 6.43 Å². The number of sulfone groups is 1. The summed E-state index contributed by atoms with van der Waals surface area (Å²) in [5.74, 6) is -1.27. The maximum Gasteiger partial charge on any atom is 0.419 e. The molecule has 0 unspecified atom stereocenters. The number of hydroxylamine groups is 1. The first kappa shape index (κ1) is 21.8. The molecule has 0 aromatic heterocycles. The van der Waals surface area contributed by atoms with Crippen molar-refractivity contribution < 1.29 is 36.7 Å². The molecule has 2 amide bonds. The molecule has 11 heteroatoms. The Balaban J connectivity index is 2.23. The molecular weight excluding hydrogens is 398 g/mol. The number of nitrogens with one attached hydrogen (secondary N) is 1. The van der Waals surface area contributed by atoms with E-state index in [1.165, 1.54) is 10.4 Å². The standard InChI is InChI=1S/C17H20F2N2O6S/c1-17(15(22)20-24,28(2,25)26)9-13-10-21(16(23)27-13)12-6-3-11(4-7-12)5-8-14(18)19/h3-4,6-7,9,14,24H,5,8,10H2,1-2H3,(H,20,22)/b13-9-/t17-/m1/s1. The van der Waals surface area contributed by atoms with Gasteiger partial charge in [-0.3, -0.25) is 14.9 Å². The van der Waals surface area contributed by atoms with E-state index in [0.29, 0.717) is 11.3 Å². The molecule has 0 spiro atoms. The Morgan fingerprint density at radius 2 is 2.00 bits per heavy atom. The summed E-state index contributed by atoms with van der Waals surface area (Å²) in [6, 6.07) is 6.32. The molecule has 0 aliphatic carbocycles. The quantitative estimate of drug-likeness (QED) is 0.518. The van der Waals surface area contributed by atoms with Gasteiger partial charge in [-0.2, -0.15) is 0 Å². The molecule has 154 valence electrons. The number of carbonyl (C=O) groups excluding carboxylic acids is 2. The number of hydrogen-bond donors (Lipinski definition) is 2. The van der Waals surface area contributed by atoms with Gasteiger partial charge in [0, 0.05) is 18.4 Å². The molecule has 2 rings (SSSR count). The van der Waals surface area contributed by atoms with E-state index in [1.54, 1.807) is 24.3 Å². The van der Waals surface area contributed by atoms with E-state index in [1.807, 2.05) is 0 Å². The molecule has 1 fully saturated rings. The van der Waals surface area contributed by atoms with Crippen LogP contribution < -0.4 is 10.4 Å². The average molecular weight is 418 g/mol. The zero-order valence-corrected chi connectivity index (χ0v) is 16.0. The van der Waals surface area contributed by atoms with E-state index in [9.17, 15) is 26.8 Å². The number of halogens is 2. The first-order valence-electron chi connectivity index (χ1n) is 8.20. The van der Waals surface area contributed by atoms with Crippen LogP contribution in [0.15, 0.2) is 36.1 Å². The van der Waals surface area contributed by atoms with E-state index < -0.39 is 33.0 Å². The molecule has 1 aliphatic rings. The maximum absolute atomic E-state index is 12.3. The second-order valence-corrected chi connectivity index (χ2v) is 8.87. The molecule has 0 saturated carbocycles. The monoisotopic (exact) mass is 418 g/mol. The van der Waals surface area contributed by atoms with Crippen molar-refractivity contribution in [3.8, 4) is 0 Å². The van der Waals surface area contributed by atoms with Crippen molar-refractivity contribution in [2.24, 2.45) is 0 Å². The van der Waals surface area contributed by atoms with E-state index in [4.69, 9.17) is 9.94 Å². The largest absolute Gasteiger partial charge is 0.419 e. The summed E-state index contributed by atoms with van der Waals surface area (Å²) in [5.41, 5.74) is 2.39. The van der Waals surface area contributed by atoms with Gasteiger partial charge in [-0.25, -0.2) is 27.5 Å². The number of amides is 2. The third-order valence-corrected chi connectivity index (χ3v) is 6.25. The molecule has 8 nitrogen and oxygen atoms in total. The lowest BCUT2D eigenvalue weighted by Crippen LogP contribution is -2.47. The minimum atomic E-state index is -4.00. The van der Waals surface area contributed by atoms with Crippen LogP contribution >= 0.6 is 0 Å². The number of nitrogens with zero attached hydrogens (tertiary/aromatic N) is 1. The number of hydrogen-bond acceptors (Lipinski definition) is 6. The Morgan fingerprint density at radius 3 is 2.50 bits per heavy atom. The molecule has 1 heterocycles. The van der Waals surface area contributed by atoms with E-state index in [0.717, 1.165) is 19.3 Å². The number of benzene rings is 1. The summed E-state index contributed by atoms with van der Waals surface area (Å²) in [6.07, 6.45) is -1.49. The predicted molar refractivity (Wildman–Crippen MR) is 95.9 cm³/mol. The van der Waals surface area contributed by atoms with Gasteiger partial charge in [-0.1, -0.05) is 12.1 Å². The highest BCUT2D eigenvalue weighted by atomic mass is 32.2. The Morgan fingerprint density at radius 1 is 1.39 bits per heavy atom. The highest BCUT2D eigenvalue weighted by molar-refractivity contribution is 7.93. The molecular formula is C17H20F2N2O6S. The van der Waals surface area contributed by atoms with Gasteiger partial charge in [0.05, 0.1) is 6.54 Å². The van der Waals surface area contributed by atoms with E-state index >= 15 is 0 Å². The van der Waals surface area contributed by atoms with Crippen molar-refractivity contribution >= 4 is 27.5 Å². The predicted octanol–water partition coefficient (Wildman–Crippen LogP) is 2.03. The van der Waals surface area contributed by atoms with Crippen LogP contribution in [0.5, 0.6) is 0 Å². The second kappa shape index (κ2) is 8.23. The molecule has 1 aliphatic heterocycles. The number of carbonyl (C=O) groups is 2. The van der Waals surface area contributed by atoms with Crippen LogP contribution in [0.4, 0.5) is 19.3 Å². The van der Waals surface area contributed by atoms with Crippen molar-refractivity contribution in [2.75, 3.05) is 17.7 Å². The summed E-state index contributed by atoms with van der Waals surface area (Å²) in [7, 11) is -4.00. The first-order chi connectivity index (χ1) is 13.0.